The van der Waals surface area contributed by atoms with E-state index in [0.717, 1.165) is 16.7 Å². The molecular weight excluding hydrogens is 430 g/mol. The summed E-state index contributed by atoms with van der Waals surface area (Å²) < 4.78 is 0. The SMILES string of the molecule is C=CCCC(C(=O)NC)N1C(=O)C/C(CNC(=O)Nc2ccc(C)c(C)c2)=C\C=C/C/N=C\1C. The van der Waals surface area contributed by atoms with E-state index in [-0.39, 0.29) is 30.8 Å². The normalized spacial score (nSPS) is 19.1. The first-order valence-corrected chi connectivity index (χ1v) is 11.4. The lowest BCUT2D eigenvalue weighted by molar-refractivity contribution is -0.135. The zero-order chi connectivity index (χ0) is 25.1. The number of aryl methyl sites for hydroxylation is 2. The monoisotopic (exact) mass is 465 g/mol. The minimum atomic E-state index is -0.690. The summed E-state index contributed by atoms with van der Waals surface area (Å²) in [6.45, 7) is 10.0. The molecule has 34 heavy (non-hydrogen) atoms. The smallest absolute Gasteiger partial charge is 0.319 e. The number of carbonyl (C=O) groups is 3. The first-order valence-electron chi connectivity index (χ1n) is 11.4. The maximum absolute atomic E-state index is 13.3. The maximum Gasteiger partial charge on any atom is 0.319 e. The second-order valence-electron chi connectivity index (χ2n) is 8.18. The molecule has 1 aromatic rings. The molecule has 8 heteroatoms. The molecule has 1 aromatic carbocycles. The standard InChI is InChI=1S/C26H35N5O3/c1-6-7-11-23(25(33)27-5)31-20(4)28-14-9-8-10-21(16-24(31)32)17-29-26(34)30-22-13-12-18(2)19(3)15-22/h6,8-10,12-13,15,23H,1,7,11,14,16-17H2,2-5H3,(H,27,33)(H2,29,30,34)/b9-8-,21-10+,28-20-. The quantitative estimate of drug-likeness (QED) is 0.511. The molecule has 1 aliphatic rings. The van der Waals surface area contributed by atoms with Crippen molar-refractivity contribution in [3.63, 3.8) is 0 Å². The second-order valence-corrected chi connectivity index (χ2v) is 8.18. The van der Waals surface area contributed by atoms with E-state index in [4.69, 9.17) is 0 Å². The van der Waals surface area contributed by atoms with Crippen molar-refractivity contribution in [2.24, 2.45) is 4.99 Å². The number of anilines is 1. The predicted molar refractivity (Wildman–Crippen MR) is 137 cm³/mol. The van der Waals surface area contributed by atoms with Crippen LogP contribution in [0.15, 0.2) is 59.6 Å². The number of nitrogens with zero attached hydrogens (tertiary/aromatic N) is 2. The van der Waals surface area contributed by atoms with Gasteiger partial charge >= 0.3 is 6.03 Å². The first-order chi connectivity index (χ1) is 16.3. The molecule has 0 bridgehead atoms. The van der Waals surface area contributed by atoms with Gasteiger partial charge < -0.3 is 16.0 Å². The molecule has 182 valence electrons. The zero-order valence-corrected chi connectivity index (χ0v) is 20.5. The highest BCUT2D eigenvalue weighted by molar-refractivity contribution is 6.02. The van der Waals surface area contributed by atoms with Crippen LogP contribution in [0.2, 0.25) is 0 Å². The molecule has 0 aliphatic carbocycles. The highest BCUT2D eigenvalue weighted by atomic mass is 16.2. The highest BCUT2D eigenvalue weighted by Gasteiger charge is 2.31. The Labute approximate surface area is 201 Å². The van der Waals surface area contributed by atoms with Crippen LogP contribution in [0.3, 0.4) is 0 Å². The summed E-state index contributed by atoms with van der Waals surface area (Å²) in [7, 11) is 1.55. The molecule has 1 heterocycles. The van der Waals surface area contributed by atoms with Gasteiger partial charge in [0, 0.05) is 19.3 Å². The molecular formula is C26H35N5O3. The van der Waals surface area contributed by atoms with E-state index in [1.807, 2.05) is 44.2 Å². The van der Waals surface area contributed by atoms with E-state index >= 15 is 0 Å². The average Bonchev–Trinajstić information content (AvgIpc) is 2.81. The fraction of sp³-hybridized carbons (Fsp3) is 0.385. The Balaban J connectivity index is 2.14. The van der Waals surface area contributed by atoms with E-state index in [1.165, 1.54) is 4.90 Å². The van der Waals surface area contributed by atoms with Crippen LogP contribution in [0.25, 0.3) is 0 Å². The van der Waals surface area contributed by atoms with Gasteiger partial charge in [-0.15, -0.1) is 6.58 Å². The van der Waals surface area contributed by atoms with Crippen molar-refractivity contribution in [2.45, 2.75) is 46.1 Å². The Morgan fingerprint density at radius 2 is 2.00 bits per heavy atom. The summed E-state index contributed by atoms with van der Waals surface area (Å²) >= 11 is 0. The van der Waals surface area contributed by atoms with Gasteiger partial charge in [-0.3, -0.25) is 19.5 Å². The van der Waals surface area contributed by atoms with Crippen LogP contribution in [-0.2, 0) is 9.59 Å². The molecule has 0 spiro atoms. The van der Waals surface area contributed by atoms with Crippen molar-refractivity contribution >= 4 is 29.4 Å². The largest absolute Gasteiger partial charge is 0.357 e. The van der Waals surface area contributed by atoms with E-state index < -0.39 is 6.04 Å². The first kappa shape index (κ1) is 26.6. The minimum Gasteiger partial charge on any atom is -0.357 e. The van der Waals surface area contributed by atoms with Crippen LogP contribution in [0.4, 0.5) is 10.5 Å². The number of likely N-dealkylation sites (N-methyl/N-ethyl adjacent to an activating group) is 1. The van der Waals surface area contributed by atoms with Crippen molar-refractivity contribution in [1.82, 2.24) is 15.5 Å². The van der Waals surface area contributed by atoms with Gasteiger partial charge in [0.15, 0.2) is 0 Å². The molecule has 4 amide bonds. The van der Waals surface area contributed by atoms with E-state index in [1.54, 1.807) is 26.1 Å². The number of aliphatic imine (C=N–C) groups is 1. The van der Waals surface area contributed by atoms with E-state index in [2.05, 4.69) is 27.5 Å². The zero-order valence-electron chi connectivity index (χ0n) is 20.5. The molecule has 0 saturated heterocycles. The summed E-state index contributed by atoms with van der Waals surface area (Å²) in [6.07, 6.45) is 8.28. The third kappa shape index (κ3) is 7.72. The number of urea groups is 1. The molecule has 0 fully saturated rings. The Morgan fingerprint density at radius 3 is 2.68 bits per heavy atom. The van der Waals surface area contributed by atoms with Crippen LogP contribution >= 0.6 is 0 Å². The third-order valence-electron chi connectivity index (χ3n) is 5.63. The van der Waals surface area contributed by atoms with Gasteiger partial charge in [0.05, 0.1) is 13.0 Å². The number of amidine groups is 1. The van der Waals surface area contributed by atoms with E-state index in [9.17, 15) is 14.4 Å². The topological polar surface area (TPSA) is 103 Å². The Kier molecular flexibility index (Phi) is 10.3. The summed E-state index contributed by atoms with van der Waals surface area (Å²) in [5.74, 6) is -0.0281. The number of hydrogen-bond donors (Lipinski definition) is 3. The summed E-state index contributed by atoms with van der Waals surface area (Å²) in [5.41, 5.74) is 3.65. The molecule has 0 saturated carbocycles. The number of benzene rings is 1. The van der Waals surface area contributed by atoms with Crippen molar-refractivity contribution in [3.05, 3.63) is 65.8 Å². The van der Waals surface area contributed by atoms with Gasteiger partial charge in [-0.05, 0) is 62.4 Å². The summed E-state index contributed by atoms with van der Waals surface area (Å²) in [4.78, 5) is 44.3. The van der Waals surface area contributed by atoms with Crippen molar-refractivity contribution < 1.29 is 14.4 Å². The number of nitrogens with one attached hydrogen (secondary N) is 3. The summed E-state index contributed by atoms with van der Waals surface area (Å²) in [6, 6.07) is 4.66. The fourth-order valence-electron chi connectivity index (χ4n) is 3.57. The van der Waals surface area contributed by atoms with Gasteiger partial charge in [-0.1, -0.05) is 30.4 Å². The highest BCUT2D eigenvalue weighted by Crippen LogP contribution is 2.16. The Hall–Kier alpha value is -3.68. The fourth-order valence-corrected chi connectivity index (χ4v) is 3.57. The molecule has 0 aromatic heterocycles. The molecule has 1 aliphatic heterocycles. The van der Waals surface area contributed by atoms with Crippen molar-refractivity contribution in [3.8, 4) is 0 Å². The third-order valence-corrected chi connectivity index (χ3v) is 5.63. The van der Waals surface area contributed by atoms with Crippen LogP contribution < -0.4 is 16.0 Å². The van der Waals surface area contributed by atoms with Crippen LogP contribution in [0, 0.1) is 13.8 Å². The lowest BCUT2D eigenvalue weighted by Gasteiger charge is -2.31. The maximum atomic E-state index is 13.3. The van der Waals surface area contributed by atoms with Gasteiger partial charge in [0.25, 0.3) is 0 Å². The van der Waals surface area contributed by atoms with Crippen LogP contribution in [0.5, 0.6) is 0 Å². The van der Waals surface area contributed by atoms with Crippen molar-refractivity contribution in [1.29, 1.82) is 0 Å². The minimum absolute atomic E-state index is 0.0443. The van der Waals surface area contributed by atoms with Crippen molar-refractivity contribution in [2.75, 3.05) is 25.5 Å². The van der Waals surface area contributed by atoms with Gasteiger partial charge in [-0.2, -0.15) is 0 Å². The van der Waals surface area contributed by atoms with Crippen LogP contribution in [0.1, 0.15) is 37.3 Å². The summed E-state index contributed by atoms with van der Waals surface area (Å²) in [5, 5.41) is 8.28. The van der Waals surface area contributed by atoms with Gasteiger partial charge in [0.1, 0.15) is 11.9 Å². The number of hydrogen-bond acceptors (Lipinski definition) is 4. The lowest BCUT2D eigenvalue weighted by atomic mass is 10.1. The molecule has 2 rings (SSSR count). The number of rotatable bonds is 8. The number of amides is 4. The molecule has 8 nitrogen and oxygen atoms in total. The van der Waals surface area contributed by atoms with Crippen LogP contribution in [-0.4, -0.2) is 54.8 Å². The number of carbonyl (C=O) groups excluding carboxylic acids is 3. The Morgan fingerprint density at radius 1 is 1.24 bits per heavy atom. The molecule has 3 N–H and O–H groups in total. The molecule has 1 unspecified atom stereocenters. The van der Waals surface area contributed by atoms with Gasteiger partial charge in [-0.25, -0.2) is 4.79 Å². The van der Waals surface area contributed by atoms with Gasteiger partial charge in [0.2, 0.25) is 11.8 Å². The second kappa shape index (κ2) is 13.1. The lowest BCUT2D eigenvalue weighted by Crippen LogP contribution is -2.51. The molecule has 0 radical (unpaired) electrons. The molecule has 1 atom stereocenters. The average molecular weight is 466 g/mol. The van der Waals surface area contributed by atoms with E-state index in [0.29, 0.717) is 30.9 Å². The predicted octanol–water partition coefficient (Wildman–Crippen LogP) is 3.64. The number of allylic oxidation sites excluding steroid dienone is 3. The Bertz CT molecular complexity index is 1010.